The fourth-order valence-electron chi connectivity index (χ4n) is 4.07. The van der Waals surface area contributed by atoms with Crippen molar-refractivity contribution in [3.05, 3.63) is 33.1 Å². The number of fused-ring (bicyclic) bond motifs is 1. The van der Waals surface area contributed by atoms with Gasteiger partial charge in [-0.25, -0.2) is 4.98 Å². The Morgan fingerprint density at radius 1 is 1.33 bits per heavy atom. The van der Waals surface area contributed by atoms with Crippen molar-refractivity contribution in [2.24, 2.45) is 0 Å². The molecule has 0 aliphatic carbocycles. The number of β-amino-alcohol motifs (C(OH)–C–C–N with tert-alkyl or cyclic N) is 1. The normalized spacial score (nSPS) is 22.9. The van der Waals surface area contributed by atoms with Crippen LogP contribution in [-0.2, 0) is 11.0 Å². The molecule has 0 aromatic carbocycles. The lowest BCUT2D eigenvalue weighted by Crippen LogP contribution is -2.55. The molecule has 2 fully saturated rings. The fraction of sp³-hybridized carbons (Fsp3) is 0.500. The van der Waals surface area contributed by atoms with Crippen LogP contribution in [0, 0.1) is 0 Å². The zero-order valence-electron chi connectivity index (χ0n) is 15.5. The van der Waals surface area contributed by atoms with E-state index in [0.717, 1.165) is 16.9 Å². The van der Waals surface area contributed by atoms with Gasteiger partial charge in [-0.15, -0.1) is 0 Å². The summed E-state index contributed by atoms with van der Waals surface area (Å²) in [7, 11) is 0. The molecule has 4 rings (SSSR count). The van der Waals surface area contributed by atoms with E-state index in [-0.39, 0.29) is 40.4 Å². The van der Waals surface area contributed by atoms with Crippen LogP contribution in [0.25, 0.3) is 5.65 Å². The minimum absolute atomic E-state index is 0.0209. The second kappa shape index (κ2) is 7.69. The van der Waals surface area contributed by atoms with E-state index in [1.54, 1.807) is 4.90 Å². The number of alkyl halides is 3. The third-order valence-electron chi connectivity index (χ3n) is 5.48. The van der Waals surface area contributed by atoms with Crippen LogP contribution in [0.1, 0.15) is 35.3 Å². The molecule has 7 nitrogen and oxygen atoms in total. The summed E-state index contributed by atoms with van der Waals surface area (Å²) in [6.07, 6.45) is -2.80. The minimum Gasteiger partial charge on any atom is -0.389 e. The van der Waals surface area contributed by atoms with Crippen molar-refractivity contribution in [3.8, 4) is 0 Å². The van der Waals surface area contributed by atoms with Crippen molar-refractivity contribution in [2.45, 2.75) is 37.6 Å². The Hall–Kier alpha value is -1.85. The number of hydrogen-bond acceptors (Lipinski definition) is 4. The predicted molar refractivity (Wildman–Crippen MR) is 104 cm³/mol. The summed E-state index contributed by atoms with van der Waals surface area (Å²) in [6, 6.07) is 0.489. The van der Waals surface area contributed by atoms with E-state index in [1.807, 2.05) is 0 Å². The SMILES string of the molecule is O=C(c1nc2c(C(F)(F)F)cc(Br)cn2c1Cl)N1CC[C@@H](N2CCCC2=O)[C@@H](O)C1. The molecule has 2 aliphatic heterocycles. The maximum Gasteiger partial charge on any atom is 0.420 e. The highest BCUT2D eigenvalue weighted by molar-refractivity contribution is 9.10. The van der Waals surface area contributed by atoms with Gasteiger partial charge in [0.2, 0.25) is 5.91 Å². The maximum absolute atomic E-state index is 13.4. The van der Waals surface area contributed by atoms with Gasteiger partial charge in [-0.05, 0) is 34.8 Å². The zero-order valence-corrected chi connectivity index (χ0v) is 17.8. The number of rotatable bonds is 2. The van der Waals surface area contributed by atoms with Gasteiger partial charge < -0.3 is 14.9 Å². The first-order valence-electron chi connectivity index (χ1n) is 9.29. The van der Waals surface area contributed by atoms with Gasteiger partial charge in [0.05, 0.1) is 17.7 Å². The highest BCUT2D eigenvalue weighted by Crippen LogP contribution is 2.36. The Morgan fingerprint density at radius 3 is 2.67 bits per heavy atom. The molecule has 2 aliphatic rings. The summed E-state index contributed by atoms with van der Waals surface area (Å²) in [5.41, 5.74) is -1.82. The van der Waals surface area contributed by atoms with Crippen molar-refractivity contribution in [3.63, 3.8) is 0 Å². The molecule has 0 spiro atoms. The quantitative estimate of drug-likeness (QED) is 0.675. The fourth-order valence-corrected chi connectivity index (χ4v) is 4.75. The standard InChI is InChI=1S/C18H17BrClF3N4O3/c19-9-6-10(18(21,22)23)16-24-14(15(20)27(16)7-9)17(30)25-5-3-11(12(28)8-25)26-4-1-2-13(26)29/h6-7,11-12,28H,1-5,8H2/t11-,12+/m1/s1. The lowest BCUT2D eigenvalue weighted by molar-refractivity contribution is -0.136. The van der Waals surface area contributed by atoms with Crippen LogP contribution < -0.4 is 0 Å². The number of amides is 2. The molecule has 1 N–H and O–H groups in total. The average Bonchev–Trinajstić information content (AvgIpc) is 3.23. The summed E-state index contributed by atoms with van der Waals surface area (Å²) in [5.74, 6) is -0.689. The smallest absolute Gasteiger partial charge is 0.389 e. The van der Waals surface area contributed by atoms with Crippen molar-refractivity contribution < 1.29 is 27.9 Å². The lowest BCUT2D eigenvalue weighted by Gasteiger charge is -2.40. The minimum atomic E-state index is -4.68. The molecule has 2 saturated heterocycles. The van der Waals surface area contributed by atoms with Gasteiger partial charge in [0, 0.05) is 36.7 Å². The Bertz CT molecular complexity index is 1030. The zero-order chi connectivity index (χ0) is 21.8. The van der Waals surface area contributed by atoms with Crippen molar-refractivity contribution in [1.29, 1.82) is 0 Å². The number of carbonyl (C=O) groups is 2. The van der Waals surface area contributed by atoms with E-state index in [0.29, 0.717) is 19.4 Å². The number of piperidine rings is 1. The highest BCUT2D eigenvalue weighted by Gasteiger charge is 2.40. The summed E-state index contributed by atoms with van der Waals surface area (Å²) < 4.78 is 41.3. The van der Waals surface area contributed by atoms with Gasteiger partial charge in [0.15, 0.2) is 11.3 Å². The molecule has 0 bridgehead atoms. The predicted octanol–water partition coefficient (Wildman–Crippen LogP) is 2.97. The van der Waals surface area contributed by atoms with E-state index < -0.39 is 29.4 Å². The molecule has 2 aromatic rings. The average molecular weight is 510 g/mol. The Kier molecular flexibility index (Phi) is 5.48. The largest absolute Gasteiger partial charge is 0.420 e. The molecule has 4 heterocycles. The number of halogens is 5. The number of nitrogens with zero attached hydrogens (tertiary/aromatic N) is 4. The van der Waals surface area contributed by atoms with Gasteiger partial charge in [-0.2, -0.15) is 13.2 Å². The van der Waals surface area contributed by atoms with Gasteiger partial charge >= 0.3 is 6.18 Å². The van der Waals surface area contributed by atoms with E-state index in [4.69, 9.17) is 11.6 Å². The third-order valence-corrected chi connectivity index (χ3v) is 6.28. The third kappa shape index (κ3) is 3.67. The van der Waals surface area contributed by atoms with Gasteiger partial charge in [-0.1, -0.05) is 11.6 Å². The van der Waals surface area contributed by atoms with E-state index >= 15 is 0 Å². The Balaban J connectivity index is 1.61. The van der Waals surface area contributed by atoms with Crippen LogP contribution in [-0.4, -0.2) is 67.9 Å². The van der Waals surface area contributed by atoms with Crippen LogP contribution in [0.5, 0.6) is 0 Å². The Morgan fingerprint density at radius 2 is 2.07 bits per heavy atom. The van der Waals surface area contributed by atoms with Crippen molar-refractivity contribution >= 4 is 45.0 Å². The maximum atomic E-state index is 13.4. The number of carbonyl (C=O) groups excluding carboxylic acids is 2. The second-order valence-electron chi connectivity index (χ2n) is 7.38. The summed E-state index contributed by atoms with van der Waals surface area (Å²) >= 11 is 9.22. The second-order valence-corrected chi connectivity index (χ2v) is 8.65. The van der Waals surface area contributed by atoms with E-state index in [2.05, 4.69) is 20.9 Å². The first-order chi connectivity index (χ1) is 14.1. The molecular formula is C18H17BrClF3N4O3. The number of aliphatic hydroxyl groups excluding tert-OH is 1. The topological polar surface area (TPSA) is 78.2 Å². The van der Waals surface area contributed by atoms with Crippen LogP contribution >= 0.6 is 27.5 Å². The summed E-state index contributed by atoms with van der Waals surface area (Å²) in [4.78, 5) is 31.7. The molecule has 0 unspecified atom stereocenters. The van der Waals surface area contributed by atoms with Crippen LogP contribution in [0.15, 0.2) is 16.7 Å². The number of hydrogen-bond donors (Lipinski definition) is 1. The van der Waals surface area contributed by atoms with Gasteiger partial charge in [0.1, 0.15) is 5.15 Å². The van der Waals surface area contributed by atoms with E-state index in [9.17, 15) is 27.9 Å². The number of imidazole rings is 1. The number of pyridine rings is 1. The molecule has 30 heavy (non-hydrogen) atoms. The molecular weight excluding hydrogens is 493 g/mol. The van der Waals surface area contributed by atoms with Crippen LogP contribution in [0.4, 0.5) is 13.2 Å². The van der Waals surface area contributed by atoms with Gasteiger partial charge in [0.25, 0.3) is 5.91 Å². The lowest BCUT2D eigenvalue weighted by atomic mass is 10.00. The number of likely N-dealkylation sites (tertiary alicyclic amines) is 2. The first kappa shape index (κ1) is 21.4. The molecule has 2 amide bonds. The van der Waals surface area contributed by atoms with Crippen LogP contribution in [0.2, 0.25) is 5.15 Å². The molecule has 2 atom stereocenters. The molecule has 0 saturated carbocycles. The highest BCUT2D eigenvalue weighted by atomic mass is 79.9. The number of aliphatic hydroxyl groups is 1. The molecule has 12 heteroatoms. The molecule has 0 radical (unpaired) electrons. The van der Waals surface area contributed by atoms with Crippen molar-refractivity contribution in [1.82, 2.24) is 19.2 Å². The first-order valence-corrected chi connectivity index (χ1v) is 10.5. The monoisotopic (exact) mass is 508 g/mol. The van der Waals surface area contributed by atoms with Crippen molar-refractivity contribution in [2.75, 3.05) is 19.6 Å². The molecule has 162 valence electrons. The molecule has 2 aromatic heterocycles. The summed E-state index contributed by atoms with van der Waals surface area (Å²) in [6.45, 7) is 0.736. The Labute approximate surface area is 182 Å². The van der Waals surface area contributed by atoms with Crippen LogP contribution in [0.3, 0.4) is 0 Å². The van der Waals surface area contributed by atoms with Gasteiger partial charge in [-0.3, -0.25) is 14.0 Å². The van der Waals surface area contributed by atoms with E-state index in [1.165, 1.54) is 11.1 Å². The summed E-state index contributed by atoms with van der Waals surface area (Å²) in [5, 5.41) is 10.3. The number of aromatic nitrogens is 2.